The van der Waals surface area contributed by atoms with E-state index in [4.69, 9.17) is 14.6 Å². The van der Waals surface area contributed by atoms with Gasteiger partial charge in [0.25, 0.3) is 0 Å². The van der Waals surface area contributed by atoms with Crippen molar-refractivity contribution in [2.75, 3.05) is 20.3 Å². The van der Waals surface area contributed by atoms with Crippen LogP contribution in [0.3, 0.4) is 0 Å². The molecule has 0 aliphatic carbocycles. The number of aliphatic hydroxyl groups is 2. The number of nitrogens with one attached hydrogen (secondary N) is 1. The molecule has 0 spiro atoms. The fourth-order valence-corrected chi connectivity index (χ4v) is 1.50. The summed E-state index contributed by atoms with van der Waals surface area (Å²) in [5.41, 5.74) is 1.07. The van der Waals surface area contributed by atoms with Gasteiger partial charge in [-0.15, -0.1) is 0 Å². The minimum atomic E-state index is -0.887. The molecule has 1 aromatic rings. The van der Waals surface area contributed by atoms with Crippen LogP contribution >= 0.6 is 0 Å². The molecule has 0 heterocycles. The van der Waals surface area contributed by atoms with Gasteiger partial charge < -0.3 is 25.0 Å². The molecule has 3 N–H and O–H groups in total. The molecule has 5 nitrogen and oxygen atoms in total. The zero-order chi connectivity index (χ0) is 14.3. The molecule has 0 aliphatic rings. The summed E-state index contributed by atoms with van der Waals surface area (Å²) in [4.78, 5) is 0. The highest BCUT2D eigenvalue weighted by Gasteiger charge is 2.09. The van der Waals surface area contributed by atoms with Gasteiger partial charge in [-0.25, -0.2) is 0 Å². The minimum absolute atomic E-state index is 0.0356. The Kier molecular flexibility index (Phi) is 6.62. The lowest BCUT2D eigenvalue weighted by molar-refractivity contribution is 0.0527. The summed E-state index contributed by atoms with van der Waals surface area (Å²) in [6.07, 6.45) is -0.887. The number of benzene rings is 1. The maximum absolute atomic E-state index is 9.30. The number of aliphatic hydroxyl groups excluding tert-OH is 2. The zero-order valence-electron chi connectivity index (χ0n) is 11.7. The van der Waals surface area contributed by atoms with Crippen LogP contribution in [0.15, 0.2) is 18.2 Å². The van der Waals surface area contributed by atoms with Gasteiger partial charge in [0.2, 0.25) is 0 Å². The molecule has 0 saturated heterocycles. The molecule has 0 bridgehead atoms. The SMILES string of the molecule is COc1ccc(CNC(C)C)cc1OCC(O)CO. The van der Waals surface area contributed by atoms with Crippen LogP contribution in [0.4, 0.5) is 0 Å². The number of methoxy groups -OCH3 is 1. The van der Waals surface area contributed by atoms with Crippen LogP contribution in [0.25, 0.3) is 0 Å². The van der Waals surface area contributed by atoms with Crippen molar-refractivity contribution in [3.8, 4) is 11.5 Å². The van der Waals surface area contributed by atoms with Crippen molar-refractivity contribution in [2.24, 2.45) is 0 Å². The number of ether oxygens (including phenoxy) is 2. The topological polar surface area (TPSA) is 71.0 Å². The molecule has 1 unspecified atom stereocenters. The van der Waals surface area contributed by atoms with E-state index in [1.54, 1.807) is 7.11 Å². The van der Waals surface area contributed by atoms with Gasteiger partial charge in [0.05, 0.1) is 13.7 Å². The zero-order valence-corrected chi connectivity index (χ0v) is 11.7. The third-order valence-corrected chi connectivity index (χ3v) is 2.58. The average Bonchev–Trinajstić information content (AvgIpc) is 2.42. The predicted molar refractivity (Wildman–Crippen MR) is 73.6 cm³/mol. The van der Waals surface area contributed by atoms with Crippen LogP contribution in [0.5, 0.6) is 11.5 Å². The van der Waals surface area contributed by atoms with Crippen LogP contribution in [-0.2, 0) is 6.54 Å². The molecule has 108 valence electrons. The van der Waals surface area contributed by atoms with E-state index in [1.807, 2.05) is 18.2 Å². The van der Waals surface area contributed by atoms with Gasteiger partial charge in [0.15, 0.2) is 11.5 Å². The van der Waals surface area contributed by atoms with E-state index in [2.05, 4.69) is 19.2 Å². The summed E-state index contributed by atoms with van der Waals surface area (Å²) in [7, 11) is 1.57. The maximum atomic E-state index is 9.30. The van der Waals surface area contributed by atoms with Gasteiger partial charge in [-0.1, -0.05) is 19.9 Å². The molecule has 1 aromatic carbocycles. The molecule has 5 heteroatoms. The van der Waals surface area contributed by atoms with E-state index in [0.717, 1.165) is 12.1 Å². The van der Waals surface area contributed by atoms with Gasteiger partial charge in [0.1, 0.15) is 12.7 Å². The molecular formula is C14H23NO4. The normalized spacial score (nSPS) is 12.5. The van der Waals surface area contributed by atoms with Crippen molar-refractivity contribution in [1.82, 2.24) is 5.32 Å². The monoisotopic (exact) mass is 269 g/mol. The Morgan fingerprint density at radius 2 is 2.00 bits per heavy atom. The molecule has 0 aliphatic heterocycles. The third kappa shape index (κ3) is 5.46. The fourth-order valence-electron chi connectivity index (χ4n) is 1.50. The second kappa shape index (κ2) is 7.99. The molecule has 1 atom stereocenters. The number of rotatable bonds is 8. The highest BCUT2D eigenvalue weighted by atomic mass is 16.5. The highest BCUT2D eigenvalue weighted by Crippen LogP contribution is 2.28. The molecule has 1 rings (SSSR count). The lowest BCUT2D eigenvalue weighted by Crippen LogP contribution is -2.22. The largest absolute Gasteiger partial charge is 0.493 e. The third-order valence-electron chi connectivity index (χ3n) is 2.58. The van der Waals surface area contributed by atoms with E-state index < -0.39 is 6.10 Å². The van der Waals surface area contributed by atoms with Crippen LogP contribution in [-0.4, -0.2) is 42.7 Å². The second-order valence-electron chi connectivity index (χ2n) is 4.67. The van der Waals surface area contributed by atoms with Gasteiger partial charge in [-0.2, -0.15) is 0 Å². The van der Waals surface area contributed by atoms with Gasteiger partial charge in [-0.3, -0.25) is 0 Å². The summed E-state index contributed by atoms with van der Waals surface area (Å²) in [5.74, 6) is 1.18. The lowest BCUT2D eigenvalue weighted by atomic mass is 10.2. The molecule has 0 amide bonds. The Labute approximate surface area is 114 Å². The molecule has 0 saturated carbocycles. The average molecular weight is 269 g/mol. The van der Waals surface area contributed by atoms with Crippen molar-refractivity contribution in [3.05, 3.63) is 23.8 Å². The van der Waals surface area contributed by atoms with Crippen molar-refractivity contribution in [1.29, 1.82) is 0 Å². The first kappa shape index (κ1) is 15.8. The molecule has 19 heavy (non-hydrogen) atoms. The van der Waals surface area contributed by atoms with Crippen LogP contribution in [0.1, 0.15) is 19.4 Å². The molecule has 0 aromatic heterocycles. The van der Waals surface area contributed by atoms with E-state index in [1.165, 1.54) is 0 Å². The smallest absolute Gasteiger partial charge is 0.161 e. The summed E-state index contributed by atoms with van der Waals surface area (Å²) in [6.45, 7) is 4.61. The molecule has 0 radical (unpaired) electrons. The lowest BCUT2D eigenvalue weighted by Gasteiger charge is -2.15. The van der Waals surface area contributed by atoms with E-state index >= 15 is 0 Å². The van der Waals surface area contributed by atoms with Gasteiger partial charge in [-0.05, 0) is 17.7 Å². The number of hydrogen-bond donors (Lipinski definition) is 3. The predicted octanol–water partition coefficient (Wildman–Crippen LogP) is 0.925. The van der Waals surface area contributed by atoms with Crippen LogP contribution < -0.4 is 14.8 Å². The van der Waals surface area contributed by atoms with Crippen molar-refractivity contribution in [3.63, 3.8) is 0 Å². The first-order valence-electron chi connectivity index (χ1n) is 6.38. The summed E-state index contributed by atoms with van der Waals surface area (Å²) >= 11 is 0. The Balaban J connectivity index is 2.72. The summed E-state index contributed by atoms with van der Waals surface area (Å²) < 4.78 is 10.7. The van der Waals surface area contributed by atoms with Gasteiger partial charge >= 0.3 is 0 Å². The second-order valence-corrected chi connectivity index (χ2v) is 4.67. The van der Waals surface area contributed by atoms with Crippen LogP contribution in [0.2, 0.25) is 0 Å². The standard InChI is InChI=1S/C14H23NO4/c1-10(2)15-7-11-4-5-13(18-3)14(6-11)19-9-12(17)8-16/h4-6,10,12,15-17H,7-9H2,1-3H3. The van der Waals surface area contributed by atoms with Gasteiger partial charge in [0, 0.05) is 12.6 Å². The van der Waals surface area contributed by atoms with Crippen LogP contribution in [0, 0.1) is 0 Å². The first-order valence-corrected chi connectivity index (χ1v) is 6.38. The summed E-state index contributed by atoms with van der Waals surface area (Å²) in [6, 6.07) is 6.07. The molecule has 0 fully saturated rings. The van der Waals surface area contributed by atoms with E-state index in [-0.39, 0.29) is 13.2 Å². The van der Waals surface area contributed by atoms with Crippen molar-refractivity contribution >= 4 is 0 Å². The van der Waals surface area contributed by atoms with Crippen molar-refractivity contribution < 1.29 is 19.7 Å². The Bertz CT molecular complexity index is 382. The first-order chi connectivity index (χ1) is 9.06. The Hall–Kier alpha value is -1.30. The molecular weight excluding hydrogens is 246 g/mol. The summed E-state index contributed by atoms with van der Waals surface area (Å²) in [5, 5.41) is 21.4. The number of hydrogen-bond acceptors (Lipinski definition) is 5. The highest BCUT2D eigenvalue weighted by molar-refractivity contribution is 5.43. The van der Waals surface area contributed by atoms with Crippen molar-refractivity contribution in [2.45, 2.75) is 32.5 Å². The quantitative estimate of drug-likeness (QED) is 0.655. The Morgan fingerprint density at radius 3 is 2.58 bits per heavy atom. The van der Waals surface area contributed by atoms with E-state index in [0.29, 0.717) is 17.5 Å². The van der Waals surface area contributed by atoms with E-state index in [9.17, 15) is 5.11 Å². The minimum Gasteiger partial charge on any atom is -0.493 e. The Morgan fingerprint density at radius 1 is 1.26 bits per heavy atom. The fraction of sp³-hybridized carbons (Fsp3) is 0.571. The maximum Gasteiger partial charge on any atom is 0.161 e.